The highest BCUT2D eigenvalue weighted by molar-refractivity contribution is 5.97. The molecule has 1 saturated carbocycles. The number of carbonyl (C=O) groups excluding carboxylic acids is 2. The third-order valence-electron chi connectivity index (χ3n) is 6.25. The number of rotatable bonds is 3. The van der Waals surface area contributed by atoms with Gasteiger partial charge in [0, 0.05) is 44.3 Å². The van der Waals surface area contributed by atoms with Crippen molar-refractivity contribution in [2.75, 3.05) is 40.0 Å². The monoisotopic (exact) mass is 372 g/mol. The van der Waals surface area contributed by atoms with Crippen molar-refractivity contribution in [2.45, 2.75) is 37.6 Å². The lowest BCUT2D eigenvalue weighted by molar-refractivity contribution is -0.143. The summed E-state index contributed by atoms with van der Waals surface area (Å²) in [5.74, 6) is 1.05. The van der Waals surface area contributed by atoms with Gasteiger partial charge in [-0.3, -0.25) is 9.59 Å². The maximum atomic E-state index is 13.1. The van der Waals surface area contributed by atoms with Gasteiger partial charge in [0.05, 0.1) is 12.7 Å². The molecule has 3 aliphatic rings. The van der Waals surface area contributed by atoms with Crippen molar-refractivity contribution in [3.63, 3.8) is 0 Å². The van der Waals surface area contributed by atoms with Gasteiger partial charge in [-0.2, -0.15) is 0 Å². The Labute approximate surface area is 160 Å². The fraction of sp³-hybridized carbons (Fsp3) is 0.619. The van der Waals surface area contributed by atoms with E-state index in [1.54, 1.807) is 7.11 Å². The molecule has 4 rings (SSSR count). The Balaban J connectivity index is 1.56. The van der Waals surface area contributed by atoms with Crippen LogP contribution >= 0.6 is 0 Å². The van der Waals surface area contributed by atoms with Crippen LogP contribution in [-0.4, -0.2) is 67.1 Å². The molecule has 1 spiro atoms. The van der Waals surface area contributed by atoms with Crippen LogP contribution < -0.4 is 4.74 Å². The first-order valence-electron chi connectivity index (χ1n) is 9.96. The molecule has 0 bridgehead atoms. The van der Waals surface area contributed by atoms with Crippen LogP contribution in [0.2, 0.25) is 0 Å². The van der Waals surface area contributed by atoms with Crippen LogP contribution in [0.25, 0.3) is 0 Å². The van der Waals surface area contributed by atoms with Crippen LogP contribution in [0.1, 0.15) is 42.5 Å². The third kappa shape index (κ3) is 3.55. The fourth-order valence-electron chi connectivity index (χ4n) is 4.41. The summed E-state index contributed by atoms with van der Waals surface area (Å²) in [5.41, 5.74) is 0.427. The number of nitrogens with zero attached hydrogens (tertiary/aromatic N) is 2. The molecule has 1 aromatic rings. The van der Waals surface area contributed by atoms with Gasteiger partial charge < -0.3 is 19.3 Å². The summed E-state index contributed by atoms with van der Waals surface area (Å²) in [5, 5.41) is 0. The quantitative estimate of drug-likeness (QED) is 0.817. The van der Waals surface area contributed by atoms with E-state index in [4.69, 9.17) is 9.47 Å². The Hall–Kier alpha value is -2.08. The van der Waals surface area contributed by atoms with E-state index in [0.29, 0.717) is 44.2 Å². The summed E-state index contributed by atoms with van der Waals surface area (Å²) in [7, 11) is 1.58. The van der Waals surface area contributed by atoms with Crippen molar-refractivity contribution < 1.29 is 19.1 Å². The van der Waals surface area contributed by atoms with Crippen molar-refractivity contribution in [1.29, 1.82) is 0 Å². The molecule has 6 nitrogen and oxygen atoms in total. The molecule has 0 unspecified atom stereocenters. The van der Waals surface area contributed by atoms with E-state index in [2.05, 4.69) is 4.90 Å². The Morgan fingerprint density at radius 1 is 1.07 bits per heavy atom. The molecule has 1 aliphatic carbocycles. The molecular formula is C21H28N2O4. The fourth-order valence-corrected chi connectivity index (χ4v) is 4.41. The number of methoxy groups -OCH3 is 1. The number of hydrogen-bond donors (Lipinski definition) is 0. The maximum absolute atomic E-state index is 13.1. The van der Waals surface area contributed by atoms with Gasteiger partial charge in [-0.25, -0.2) is 0 Å². The second-order valence-electron chi connectivity index (χ2n) is 7.84. The van der Waals surface area contributed by atoms with Gasteiger partial charge in [-0.15, -0.1) is 0 Å². The summed E-state index contributed by atoms with van der Waals surface area (Å²) in [6.45, 7) is 3.21. The molecule has 3 fully saturated rings. The van der Waals surface area contributed by atoms with Gasteiger partial charge in [0.15, 0.2) is 0 Å². The second kappa shape index (κ2) is 7.50. The molecule has 27 heavy (non-hydrogen) atoms. The van der Waals surface area contributed by atoms with Crippen LogP contribution in [0.4, 0.5) is 0 Å². The number of ether oxygens (including phenoxy) is 2. The van der Waals surface area contributed by atoms with Crippen molar-refractivity contribution in [3.8, 4) is 5.75 Å². The SMILES string of the molecule is COc1ccccc1C(=O)N1CCN(C(=O)C2CC2)C2(CCOCC2)CC1. The van der Waals surface area contributed by atoms with Crippen LogP contribution in [0.3, 0.4) is 0 Å². The van der Waals surface area contributed by atoms with Gasteiger partial charge >= 0.3 is 0 Å². The molecule has 6 heteroatoms. The Morgan fingerprint density at radius 3 is 2.52 bits per heavy atom. The zero-order chi connectivity index (χ0) is 18.9. The van der Waals surface area contributed by atoms with E-state index < -0.39 is 0 Å². The number of para-hydroxylation sites is 1. The van der Waals surface area contributed by atoms with Crippen molar-refractivity contribution >= 4 is 11.8 Å². The molecule has 2 aliphatic heterocycles. The van der Waals surface area contributed by atoms with Crippen LogP contribution in [-0.2, 0) is 9.53 Å². The van der Waals surface area contributed by atoms with Gasteiger partial charge in [-0.1, -0.05) is 12.1 Å². The normalized spacial score (nSPS) is 22.4. The van der Waals surface area contributed by atoms with Gasteiger partial charge in [0.25, 0.3) is 5.91 Å². The van der Waals surface area contributed by atoms with Crippen molar-refractivity contribution in [2.24, 2.45) is 5.92 Å². The third-order valence-corrected chi connectivity index (χ3v) is 6.25. The summed E-state index contributed by atoms with van der Waals surface area (Å²) < 4.78 is 10.9. The molecule has 0 radical (unpaired) electrons. The topological polar surface area (TPSA) is 59.1 Å². The maximum Gasteiger partial charge on any atom is 0.257 e. The highest BCUT2D eigenvalue weighted by Gasteiger charge is 2.46. The van der Waals surface area contributed by atoms with Gasteiger partial charge in [0.1, 0.15) is 5.75 Å². The van der Waals surface area contributed by atoms with E-state index in [-0.39, 0.29) is 23.3 Å². The van der Waals surface area contributed by atoms with Crippen LogP contribution in [0.5, 0.6) is 5.75 Å². The molecule has 146 valence electrons. The Kier molecular flexibility index (Phi) is 5.08. The average Bonchev–Trinajstić information content (AvgIpc) is 3.56. The lowest BCUT2D eigenvalue weighted by atomic mass is 9.84. The number of benzene rings is 1. The van der Waals surface area contributed by atoms with E-state index in [1.807, 2.05) is 29.2 Å². The van der Waals surface area contributed by atoms with Gasteiger partial charge in [0.2, 0.25) is 5.91 Å². The van der Waals surface area contributed by atoms with Crippen molar-refractivity contribution in [1.82, 2.24) is 9.80 Å². The summed E-state index contributed by atoms with van der Waals surface area (Å²) >= 11 is 0. The highest BCUT2D eigenvalue weighted by atomic mass is 16.5. The summed E-state index contributed by atoms with van der Waals surface area (Å²) in [4.78, 5) is 30.1. The predicted octanol–water partition coefficient (Wildman–Crippen LogP) is 2.33. The first-order chi connectivity index (χ1) is 13.1. The predicted molar refractivity (Wildman–Crippen MR) is 101 cm³/mol. The molecule has 0 atom stereocenters. The number of carbonyl (C=O) groups is 2. The summed E-state index contributed by atoms with van der Waals surface area (Å²) in [6, 6.07) is 7.35. The Morgan fingerprint density at radius 2 is 1.81 bits per heavy atom. The van der Waals surface area contributed by atoms with Crippen LogP contribution in [0, 0.1) is 5.92 Å². The number of amides is 2. The van der Waals surface area contributed by atoms with E-state index in [9.17, 15) is 9.59 Å². The molecule has 0 N–H and O–H groups in total. The molecule has 1 aromatic carbocycles. The van der Waals surface area contributed by atoms with Gasteiger partial charge in [-0.05, 0) is 44.2 Å². The minimum atomic E-state index is -0.159. The van der Waals surface area contributed by atoms with E-state index >= 15 is 0 Å². The van der Waals surface area contributed by atoms with E-state index in [0.717, 1.165) is 32.1 Å². The highest BCUT2D eigenvalue weighted by Crippen LogP contribution is 2.39. The lowest BCUT2D eigenvalue weighted by Gasteiger charge is -2.45. The van der Waals surface area contributed by atoms with Crippen LogP contribution in [0.15, 0.2) is 24.3 Å². The summed E-state index contributed by atoms with van der Waals surface area (Å²) in [6.07, 6.45) is 4.55. The lowest BCUT2D eigenvalue weighted by Crippen LogP contribution is -2.55. The average molecular weight is 372 g/mol. The zero-order valence-electron chi connectivity index (χ0n) is 16.0. The molecule has 0 aromatic heterocycles. The minimum absolute atomic E-state index is 0.0182. The molecule has 2 saturated heterocycles. The number of hydrogen-bond acceptors (Lipinski definition) is 4. The largest absolute Gasteiger partial charge is 0.496 e. The molecule has 2 amide bonds. The first-order valence-corrected chi connectivity index (χ1v) is 9.96. The Bertz CT molecular complexity index is 710. The van der Waals surface area contributed by atoms with Crippen molar-refractivity contribution in [3.05, 3.63) is 29.8 Å². The standard InChI is InChI=1S/C21H28N2O4/c1-26-18-5-3-2-4-17(18)20(25)22-11-8-21(9-14-27-15-10-21)23(13-12-22)19(24)16-6-7-16/h2-5,16H,6-15H2,1H3. The molecular weight excluding hydrogens is 344 g/mol. The minimum Gasteiger partial charge on any atom is -0.496 e. The van der Waals surface area contributed by atoms with E-state index in [1.165, 1.54) is 0 Å². The second-order valence-corrected chi connectivity index (χ2v) is 7.84. The smallest absolute Gasteiger partial charge is 0.257 e. The molecule has 2 heterocycles. The zero-order valence-corrected chi connectivity index (χ0v) is 16.0. The first kappa shape index (κ1) is 18.3.